The highest BCUT2D eigenvalue weighted by Crippen LogP contribution is 2.17. The molecule has 18 heavy (non-hydrogen) atoms. The lowest BCUT2D eigenvalue weighted by molar-refractivity contribution is 0.112. The zero-order valence-corrected chi connectivity index (χ0v) is 10.3. The Hall–Kier alpha value is -2.29. The van der Waals surface area contributed by atoms with E-state index in [-0.39, 0.29) is 0 Å². The number of anilines is 1. The number of aldehydes is 1. The molecule has 2 aromatic carbocycles. The number of hydrogen-bond acceptors (Lipinski definition) is 2. The molecule has 2 nitrogen and oxygen atoms in total. The van der Waals surface area contributed by atoms with Crippen molar-refractivity contribution in [3.8, 4) is 0 Å². The largest absolute Gasteiger partial charge is 0.434 e. The first-order chi connectivity index (χ1) is 8.83. The van der Waals surface area contributed by atoms with Crippen LogP contribution in [0.15, 0.2) is 48.5 Å². The van der Waals surface area contributed by atoms with Gasteiger partial charge in [-0.15, -0.1) is 0 Å². The summed E-state index contributed by atoms with van der Waals surface area (Å²) >= 11 is 0. The average Bonchev–Trinajstić information content (AvgIpc) is 2.45. The molecular formula is C15H14BNO. The van der Waals surface area contributed by atoms with Crippen LogP contribution in [0.1, 0.15) is 21.5 Å². The highest BCUT2D eigenvalue weighted by Gasteiger charge is 1.99. The monoisotopic (exact) mass is 235 g/mol. The smallest absolute Gasteiger partial charge is 0.214 e. The maximum atomic E-state index is 10.8. The van der Waals surface area contributed by atoms with Crippen LogP contribution in [-0.2, 0) is 0 Å². The van der Waals surface area contributed by atoms with Gasteiger partial charge < -0.3 is 5.23 Å². The number of carbonyl (C=O) groups is 1. The van der Waals surface area contributed by atoms with Crippen molar-refractivity contribution in [1.82, 2.24) is 0 Å². The van der Waals surface area contributed by atoms with Crippen molar-refractivity contribution in [2.75, 3.05) is 5.23 Å². The van der Waals surface area contributed by atoms with Crippen LogP contribution in [0, 0.1) is 0 Å². The Labute approximate surface area is 108 Å². The highest BCUT2D eigenvalue weighted by molar-refractivity contribution is 6.17. The molecule has 0 spiro atoms. The van der Waals surface area contributed by atoms with E-state index in [1.54, 1.807) is 0 Å². The predicted molar refractivity (Wildman–Crippen MR) is 79.4 cm³/mol. The number of hydrogen-bond donors (Lipinski definition) is 1. The van der Waals surface area contributed by atoms with Gasteiger partial charge in [0.15, 0.2) is 6.29 Å². The summed E-state index contributed by atoms with van der Waals surface area (Å²) in [7, 11) is 1.81. The third-order valence-electron chi connectivity index (χ3n) is 2.74. The molecule has 88 valence electrons. The molecule has 0 heterocycles. The van der Waals surface area contributed by atoms with Gasteiger partial charge in [-0.05, 0) is 23.3 Å². The molecule has 0 aliphatic carbocycles. The summed E-state index contributed by atoms with van der Waals surface area (Å²) in [6.07, 6.45) is 4.94. The van der Waals surface area contributed by atoms with Crippen LogP contribution >= 0.6 is 0 Å². The summed E-state index contributed by atoms with van der Waals surface area (Å²) in [5.74, 6) is 0. The normalized spacial score (nSPS) is 10.4. The van der Waals surface area contributed by atoms with Crippen molar-refractivity contribution in [2.24, 2.45) is 0 Å². The fraction of sp³-hybridized carbons (Fsp3) is 0. The van der Waals surface area contributed by atoms with Crippen LogP contribution in [0.25, 0.3) is 12.2 Å². The Bertz CT molecular complexity index is 564. The Morgan fingerprint density at radius 3 is 2.33 bits per heavy atom. The molecule has 2 aromatic rings. The second-order valence-corrected chi connectivity index (χ2v) is 3.96. The van der Waals surface area contributed by atoms with Crippen molar-refractivity contribution < 1.29 is 4.79 Å². The molecule has 0 radical (unpaired) electrons. The van der Waals surface area contributed by atoms with Gasteiger partial charge in [0.1, 0.15) is 0 Å². The molecule has 0 aromatic heterocycles. The molecule has 1 N–H and O–H groups in total. The van der Waals surface area contributed by atoms with Crippen LogP contribution in [0.2, 0.25) is 0 Å². The van der Waals surface area contributed by atoms with Crippen molar-refractivity contribution in [3.05, 3.63) is 65.2 Å². The van der Waals surface area contributed by atoms with E-state index in [2.05, 4.69) is 23.4 Å². The summed E-state index contributed by atoms with van der Waals surface area (Å²) in [6.45, 7) is 0. The Kier molecular flexibility index (Phi) is 3.97. The molecule has 3 heteroatoms. The van der Waals surface area contributed by atoms with E-state index in [9.17, 15) is 4.79 Å². The van der Waals surface area contributed by atoms with Gasteiger partial charge in [-0.3, -0.25) is 4.79 Å². The van der Waals surface area contributed by atoms with E-state index >= 15 is 0 Å². The van der Waals surface area contributed by atoms with E-state index < -0.39 is 0 Å². The van der Waals surface area contributed by atoms with Crippen LogP contribution < -0.4 is 5.23 Å². The predicted octanol–water partition coefficient (Wildman–Crippen LogP) is 2.63. The van der Waals surface area contributed by atoms with Crippen LogP contribution in [0.3, 0.4) is 0 Å². The third kappa shape index (κ3) is 2.89. The van der Waals surface area contributed by atoms with Gasteiger partial charge in [-0.25, -0.2) is 0 Å². The van der Waals surface area contributed by atoms with Crippen molar-refractivity contribution in [3.63, 3.8) is 0 Å². The van der Waals surface area contributed by atoms with E-state index in [1.807, 2.05) is 50.5 Å². The molecule has 0 saturated carbocycles. The summed E-state index contributed by atoms with van der Waals surface area (Å²) < 4.78 is 0. The van der Waals surface area contributed by atoms with Crippen LogP contribution in [-0.4, -0.2) is 14.3 Å². The van der Waals surface area contributed by atoms with E-state index in [0.29, 0.717) is 5.56 Å². The molecule has 0 fully saturated rings. The van der Waals surface area contributed by atoms with Gasteiger partial charge in [0.05, 0.1) is 0 Å². The van der Waals surface area contributed by atoms with Gasteiger partial charge in [0.25, 0.3) is 0 Å². The first kappa shape index (κ1) is 12.2. The minimum atomic E-state index is 0.675. The van der Waals surface area contributed by atoms with E-state index in [0.717, 1.165) is 23.1 Å². The third-order valence-corrected chi connectivity index (χ3v) is 2.74. The van der Waals surface area contributed by atoms with Crippen molar-refractivity contribution in [1.29, 1.82) is 0 Å². The standard InChI is InChI=1S/C15H14BNO/c16-17-15-10-13(8-9-14(15)11-18)7-6-12-4-2-1-3-5-12/h1-11,17H,16H2/b7-6+. The minimum absolute atomic E-state index is 0.675. The molecule has 0 atom stereocenters. The topological polar surface area (TPSA) is 29.1 Å². The lowest BCUT2D eigenvalue weighted by atomic mass is 10.1. The molecule has 0 unspecified atom stereocenters. The van der Waals surface area contributed by atoms with E-state index in [4.69, 9.17) is 0 Å². The number of nitrogens with one attached hydrogen (secondary N) is 1. The highest BCUT2D eigenvalue weighted by atomic mass is 16.1. The average molecular weight is 235 g/mol. The summed E-state index contributed by atoms with van der Waals surface area (Å²) in [6, 6.07) is 15.8. The summed E-state index contributed by atoms with van der Waals surface area (Å²) in [5, 5.41) is 3.02. The second-order valence-electron chi connectivity index (χ2n) is 3.96. The Morgan fingerprint density at radius 1 is 0.944 bits per heavy atom. The lowest BCUT2D eigenvalue weighted by Crippen LogP contribution is -1.96. The molecule has 0 aliphatic rings. The lowest BCUT2D eigenvalue weighted by Gasteiger charge is -2.05. The van der Waals surface area contributed by atoms with Gasteiger partial charge in [-0.1, -0.05) is 48.6 Å². The van der Waals surface area contributed by atoms with E-state index in [1.165, 1.54) is 0 Å². The zero-order chi connectivity index (χ0) is 12.8. The molecule has 0 saturated heterocycles. The maximum Gasteiger partial charge on any atom is 0.214 e. The SMILES string of the molecule is BNc1cc(/C=C/c2ccccc2)ccc1C=O. The number of rotatable bonds is 4. The number of benzene rings is 2. The number of carbonyl (C=O) groups excluding carboxylic acids is 1. The fourth-order valence-corrected chi connectivity index (χ4v) is 1.75. The second kappa shape index (κ2) is 5.87. The zero-order valence-electron chi connectivity index (χ0n) is 10.3. The van der Waals surface area contributed by atoms with Gasteiger partial charge in [-0.2, -0.15) is 0 Å². The quantitative estimate of drug-likeness (QED) is 0.501. The van der Waals surface area contributed by atoms with Crippen molar-refractivity contribution >= 4 is 32.1 Å². The van der Waals surface area contributed by atoms with Gasteiger partial charge >= 0.3 is 0 Å². The first-order valence-electron chi connectivity index (χ1n) is 5.83. The van der Waals surface area contributed by atoms with Gasteiger partial charge in [0, 0.05) is 11.3 Å². The molecule has 0 bridgehead atoms. The molecule has 0 aliphatic heterocycles. The molecule has 2 rings (SSSR count). The Balaban J connectivity index is 2.25. The minimum Gasteiger partial charge on any atom is -0.434 e. The van der Waals surface area contributed by atoms with Crippen LogP contribution in [0.5, 0.6) is 0 Å². The Morgan fingerprint density at radius 2 is 1.67 bits per heavy atom. The first-order valence-corrected chi connectivity index (χ1v) is 5.83. The molecule has 0 amide bonds. The molecular weight excluding hydrogens is 221 g/mol. The van der Waals surface area contributed by atoms with Crippen LogP contribution in [0.4, 0.5) is 5.69 Å². The summed E-state index contributed by atoms with van der Waals surface area (Å²) in [5.41, 5.74) is 3.74. The van der Waals surface area contributed by atoms with Crippen molar-refractivity contribution in [2.45, 2.75) is 0 Å². The maximum absolute atomic E-state index is 10.8. The van der Waals surface area contributed by atoms with Gasteiger partial charge in [0.2, 0.25) is 7.98 Å². The fourth-order valence-electron chi connectivity index (χ4n) is 1.75. The summed E-state index contributed by atoms with van der Waals surface area (Å²) in [4.78, 5) is 10.8.